The number of amides is 1. The predicted octanol–water partition coefficient (Wildman–Crippen LogP) is 2.21. The van der Waals surface area contributed by atoms with Crippen molar-refractivity contribution >= 4 is 5.91 Å². The molecule has 0 bridgehead atoms. The number of carbonyl (C=O) groups is 1. The molecule has 1 saturated heterocycles. The molecule has 2 aromatic rings. The lowest BCUT2D eigenvalue weighted by Crippen LogP contribution is -2.30. The van der Waals surface area contributed by atoms with Crippen LogP contribution in [-0.4, -0.2) is 30.2 Å². The second kappa shape index (κ2) is 7.24. The zero-order chi connectivity index (χ0) is 16.1. The van der Waals surface area contributed by atoms with Gasteiger partial charge >= 0.3 is 0 Å². The smallest absolute Gasteiger partial charge is 0.248 e. The lowest BCUT2D eigenvalue weighted by Gasteiger charge is -2.24. The molecule has 1 fully saturated rings. The van der Waals surface area contributed by atoms with Crippen molar-refractivity contribution in [3.63, 3.8) is 0 Å². The predicted molar refractivity (Wildman–Crippen MR) is 86.2 cm³/mol. The van der Waals surface area contributed by atoms with Gasteiger partial charge in [-0.25, -0.2) is 0 Å². The molecule has 2 unspecified atom stereocenters. The molecule has 120 valence electrons. The molecule has 1 aliphatic heterocycles. The zero-order valence-corrected chi connectivity index (χ0v) is 12.9. The summed E-state index contributed by atoms with van der Waals surface area (Å²) >= 11 is 0. The van der Waals surface area contributed by atoms with Crippen molar-refractivity contribution in [2.75, 3.05) is 13.2 Å². The van der Waals surface area contributed by atoms with Crippen LogP contribution in [-0.2, 0) is 11.2 Å². The third-order valence-electron chi connectivity index (χ3n) is 4.03. The molecule has 0 radical (unpaired) electrons. The van der Waals surface area contributed by atoms with Crippen LogP contribution in [0.3, 0.4) is 0 Å². The molecule has 1 amide bonds. The molecule has 1 aromatic heterocycles. The highest BCUT2D eigenvalue weighted by Crippen LogP contribution is 2.25. The van der Waals surface area contributed by atoms with Gasteiger partial charge < -0.3 is 15.2 Å². The molecule has 3 rings (SSSR count). The molecule has 5 heteroatoms. The minimum Gasteiger partial charge on any atom is -0.490 e. The van der Waals surface area contributed by atoms with Crippen LogP contribution in [0.25, 0.3) is 0 Å². The molecular formula is C18H20N2O3. The average molecular weight is 312 g/mol. The van der Waals surface area contributed by atoms with Crippen LogP contribution in [0.4, 0.5) is 0 Å². The quantitative estimate of drug-likeness (QED) is 0.887. The molecule has 1 aliphatic rings. The van der Waals surface area contributed by atoms with E-state index in [-0.39, 0.29) is 6.10 Å². The van der Waals surface area contributed by atoms with Crippen LogP contribution < -0.4 is 10.5 Å². The first kappa shape index (κ1) is 15.5. The monoisotopic (exact) mass is 312 g/mol. The third kappa shape index (κ3) is 4.07. The van der Waals surface area contributed by atoms with E-state index in [1.54, 1.807) is 24.4 Å². The van der Waals surface area contributed by atoms with Crippen LogP contribution in [0, 0.1) is 5.92 Å². The molecule has 2 atom stereocenters. The van der Waals surface area contributed by atoms with Crippen molar-refractivity contribution in [1.82, 2.24) is 4.98 Å². The van der Waals surface area contributed by atoms with E-state index in [0.29, 0.717) is 30.3 Å². The number of carbonyl (C=O) groups excluding carboxylic acids is 1. The summed E-state index contributed by atoms with van der Waals surface area (Å²) in [7, 11) is 0. The first-order chi connectivity index (χ1) is 11.2. The summed E-state index contributed by atoms with van der Waals surface area (Å²) in [5.41, 5.74) is 6.76. The van der Waals surface area contributed by atoms with Crippen molar-refractivity contribution in [3.8, 4) is 5.75 Å². The largest absolute Gasteiger partial charge is 0.490 e. The van der Waals surface area contributed by atoms with Gasteiger partial charge in [0.2, 0.25) is 5.91 Å². The fourth-order valence-corrected chi connectivity index (χ4v) is 2.77. The highest BCUT2D eigenvalue weighted by molar-refractivity contribution is 5.93. The van der Waals surface area contributed by atoms with E-state index in [2.05, 4.69) is 4.98 Å². The first-order valence-electron chi connectivity index (χ1n) is 7.76. The van der Waals surface area contributed by atoms with Gasteiger partial charge in [0.25, 0.3) is 0 Å². The van der Waals surface area contributed by atoms with Crippen LogP contribution in [0.15, 0.2) is 48.7 Å². The van der Waals surface area contributed by atoms with Crippen LogP contribution in [0.1, 0.15) is 22.5 Å². The van der Waals surface area contributed by atoms with E-state index >= 15 is 0 Å². The lowest BCUT2D eigenvalue weighted by molar-refractivity contribution is 0.0994. The van der Waals surface area contributed by atoms with Crippen molar-refractivity contribution in [2.45, 2.75) is 18.9 Å². The Kier molecular flexibility index (Phi) is 4.88. The number of nitrogens with two attached hydrogens (primary N) is 1. The maximum Gasteiger partial charge on any atom is 0.248 e. The molecule has 5 nitrogen and oxygen atoms in total. The van der Waals surface area contributed by atoms with Gasteiger partial charge in [0.15, 0.2) is 0 Å². The molecular weight excluding hydrogens is 292 g/mol. The van der Waals surface area contributed by atoms with E-state index in [1.165, 1.54) is 0 Å². The topological polar surface area (TPSA) is 74.4 Å². The molecule has 0 aliphatic carbocycles. The normalized spacial score (nSPS) is 18.5. The minimum atomic E-state index is -0.457. The fourth-order valence-electron chi connectivity index (χ4n) is 2.77. The number of primary amides is 1. The van der Waals surface area contributed by atoms with Crippen LogP contribution in [0.2, 0.25) is 0 Å². The summed E-state index contributed by atoms with van der Waals surface area (Å²) in [6.07, 6.45) is 3.41. The Morgan fingerprint density at radius 2 is 2.26 bits per heavy atom. The highest BCUT2D eigenvalue weighted by atomic mass is 16.5. The Morgan fingerprint density at radius 3 is 2.96 bits per heavy atom. The van der Waals surface area contributed by atoms with E-state index in [4.69, 9.17) is 15.2 Å². The summed E-state index contributed by atoms with van der Waals surface area (Å²) in [6.45, 7) is 1.45. The minimum absolute atomic E-state index is 0.0458. The third-order valence-corrected chi connectivity index (χ3v) is 4.03. The maximum atomic E-state index is 11.3. The molecule has 2 N–H and O–H groups in total. The summed E-state index contributed by atoms with van der Waals surface area (Å²) in [6, 6.07) is 12.8. The Hall–Kier alpha value is -2.40. The van der Waals surface area contributed by atoms with Crippen molar-refractivity contribution < 1.29 is 14.3 Å². The maximum absolute atomic E-state index is 11.3. The average Bonchev–Trinajstić information content (AvgIpc) is 3.10. The summed E-state index contributed by atoms with van der Waals surface area (Å²) in [5.74, 6) is 0.504. The molecule has 0 saturated carbocycles. The van der Waals surface area contributed by atoms with Gasteiger partial charge in [0.05, 0.1) is 6.61 Å². The van der Waals surface area contributed by atoms with E-state index in [9.17, 15) is 4.79 Å². The summed E-state index contributed by atoms with van der Waals surface area (Å²) in [5, 5.41) is 0. The highest BCUT2D eigenvalue weighted by Gasteiger charge is 2.28. The van der Waals surface area contributed by atoms with Gasteiger partial charge in [0.1, 0.15) is 11.9 Å². The number of pyridine rings is 1. The zero-order valence-electron chi connectivity index (χ0n) is 12.9. The van der Waals surface area contributed by atoms with E-state index in [0.717, 1.165) is 18.7 Å². The number of nitrogens with zero attached hydrogens (tertiary/aromatic N) is 1. The van der Waals surface area contributed by atoms with Crippen molar-refractivity contribution in [1.29, 1.82) is 0 Å². The van der Waals surface area contributed by atoms with Crippen LogP contribution in [0.5, 0.6) is 5.75 Å². The molecule has 1 aromatic carbocycles. The first-order valence-corrected chi connectivity index (χ1v) is 7.76. The van der Waals surface area contributed by atoms with Crippen molar-refractivity contribution in [2.24, 2.45) is 11.7 Å². The lowest BCUT2D eigenvalue weighted by atomic mass is 9.97. The summed E-state index contributed by atoms with van der Waals surface area (Å²) in [4.78, 5) is 15.7. The second-order valence-corrected chi connectivity index (χ2v) is 5.70. The van der Waals surface area contributed by atoms with Gasteiger partial charge in [-0.05, 0) is 36.8 Å². The van der Waals surface area contributed by atoms with E-state index in [1.807, 2.05) is 24.3 Å². The van der Waals surface area contributed by atoms with Gasteiger partial charge in [-0.1, -0.05) is 12.1 Å². The van der Waals surface area contributed by atoms with E-state index < -0.39 is 5.91 Å². The van der Waals surface area contributed by atoms with Crippen LogP contribution >= 0.6 is 0 Å². The van der Waals surface area contributed by atoms with Gasteiger partial charge in [-0.3, -0.25) is 9.78 Å². The summed E-state index contributed by atoms with van der Waals surface area (Å²) < 4.78 is 11.7. The molecule has 23 heavy (non-hydrogen) atoms. The SMILES string of the molecule is NC(=O)c1cccc(OC(Cc2ccccn2)C2CCOC2)c1. The number of aromatic nitrogens is 1. The Balaban J connectivity index is 1.78. The van der Waals surface area contributed by atoms with Crippen molar-refractivity contribution in [3.05, 3.63) is 59.9 Å². The van der Waals surface area contributed by atoms with Gasteiger partial charge in [-0.2, -0.15) is 0 Å². The second-order valence-electron chi connectivity index (χ2n) is 5.70. The Labute approximate surface area is 135 Å². The number of hydrogen-bond acceptors (Lipinski definition) is 4. The molecule has 0 spiro atoms. The molecule has 2 heterocycles. The number of benzene rings is 1. The standard InChI is InChI=1S/C18H20N2O3/c19-18(21)13-4-3-6-16(10-13)23-17(14-7-9-22-12-14)11-15-5-1-2-8-20-15/h1-6,8,10,14,17H,7,9,11-12H2,(H2,19,21). The fraction of sp³-hybridized carbons (Fsp3) is 0.333. The number of ether oxygens (including phenoxy) is 2. The van der Waals surface area contributed by atoms with Gasteiger partial charge in [0, 0.05) is 36.4 Å². The Bertz CT molecular complexity index is 654. The number of hydrogen-bond donors (Lipinski definition) is 1. The van der Waals surface area contributed by atoms with Gasteiger partial charge in [-0.15, -0.1) is 0 Å². The number of rotatable bonds is 6. The Morgan fingerprint density at radius 1 is 1.35 bits per heavy atom.